The summed E-state index contributed by atoms with van der Waals surface area (Å²) in [5.74, 6) is -0.922. The smallest absolute Gasteiger partial charge is 0.327 e. The molecule has 9 heteroatoms. The number of aliphatic carboxylic acids is 1. The van der Waals surface area contributed by atoms with Gasteiger partial charge in [0.1, 0.15) is 6.04 Å². The monoisotopic (exact) mass is 317 g/mol. The molecular formula is C12H19N3O5S. The summed E-state index contributed by atoms with van der Waals surface area (Å²) in [6, 6.07) is -0.991. The Hall–Kier alpha value is -1.77. The predicted molar refractivity (Wildman–Crippen MR) is 76.8 cm³/mol. The van der Waals surface area contributed by atoms with Gasteiger partial charge in [0.2, 0.25) is 18.2 Å². The Balaban J connectivity index is 2.29. The van der Waals surface area contributed by atoms with E-state index in [1.807, 2.05) is 0 Å². The molecule has 1 atom stereocenters. The Bertz CT molecular complexity index is 410. The van der Waals surface area contributed by atoms with Gasteiger partial charge in [0.05, 0.1) is 5.75 Å². The first-order chi connectivity index (χ1) is 9.95. The third-order valence-corrected chi connectivity index (χ3v) is 4.18. The molecule has 0 radical (unpaired) electrons. The van der Waals surface area contributed by atoms with E-state index in [0.717, 1.165) is 11.8 Å². The van der Waals surface area contributed by atoms with E-state index in [9.17, 15) is 19.2 Å². The van der Waals surface area contributed by atoms with E-state index >= 15 is 0 Å². The highest BCUT2D eigenvalue weighted by molar-refractivity contribution is 8.00. The van der Waals surface area contributed by atoms with Gasteiger partial charge in [-0.15, -0.1) is 11.8 Å². The summed E-state index contributed by atoms with van der Waals surface area (Å²) in [6.45, 7) is 3.54. The average molecular weight is 317 g/mol. The molecule has 0 aliphatic carbocycles. The molecule has 1 heterocycles. The molecule has 0 aromatic rings. The van der Waals surface area contributed by atoms with Crippen LogP contribution < -0.4 is 5.32 Å². The van der Waals surface area contributed by atoms with Gasteiger partial charge in [-0.05, 0) is 0 Å². The van der Waals surface area contributed by atoms with Crippen molar-refractivity contribution in [3.05, 3.63) is 0 Å². The van der Waals surface area contributed by atoms with Gasteiger partial charge in [-0.2, -0.15) is 0 Å². The fourth-order valence-electron chi connectivity index (χ4n) is 1.90. The predicted octanol–water partition coefficient (Wildman–Crippen LogP) is -1.39. The lowest BCUT2D eigenvalue weighted by Gasteiger charge is -2.34. The number of carboxylic acid groups (broad SMARTS) is 1. The lowest BCUT2D eigenvalue weighted by molar-refractivity contribution is -0.139. The third-order valence-electron chi connectivity index (χ3n) is 3.16. The van der Waals surface area contributed by atoms with E-state index in [4.69, 9.17) is 5.11 Å². The number of rotatable bonds is 7. The molecule has 0 bridgehead atoms. The van der Waals surface area contributed by atoms with E-state index in [1.165, 1.54) is 6.92 Å². The molecule has 8 nitrogen and oxygen atoms in total. The first kappa shape index (κ1) is 17.3. The molecule has 118 valence electrons. The van der Waals surface area contributed by atoms with Crippen LogP contribution >= 0.6 is 11.8 Å². The van der Waals surface area contributed by atoms with Crippen molar-refractivity contribution in [1.82, 2.24) is 15.1 Å². The van der Waals surface area contributed by atoms with Crippen LogP contribution in [0.4, 0.5) is 0 Å². The Kier molecular flexibility index (Phi) is 7.00. The zero-order valence-electron chi connectivity index (χ0n) is 11.8. The van der Waals surface area contributed by atoms with Crippen LogP contribution in [0.25, 0.3) is 0 Å². The Morgan fingerprint density at radius 1 is 1.24 bits per heavy atom. The molecule has 2 N–H and O–H groups in total. The fraction of sp³-hybridized carbons (Fsp3) is 0.667. The lowest BCUT2D eigenvalue weighted by Crippen LogP contribution is -2.50. The molecule has 1 fully saturated rings. The second-order valence-electron chi connectivity index (χ2n) is 4.58. The van der Waals surface area contributed by atoms with Crippen molar-refractivity contribution >= 4 is 36.0 Å². The van der Waals surface area contributed by atoms with Crippen LogP contribution in [0.2, 0.25) is 0 Å². The SMILES string of the molecule is CC(=O)N1CCN(C(=O)CSCC(NC=O)C(=O)O)CC1. The molecule has 0 saturated carbocycles. The fourth-order valence-corrected chi connectivity index (χ4v) is 2.85. The van der Waals surface area contributed by atoms with E-state index < -0.39 is 12.0 Å². The summed E-state index contributed by atoms with van der Waals surface area (Å²) < 4.78 is 0. The maximum atomic E-state index is 11.9. The van der Waals surface area contributed by atoms with Crippen LogP contribution in [0.3, 0.4) is 0 Å². The highest BCUT2D eigenvalue weighted by Crippen LogP contribution is 2.08. The van der Waals surface area contributed by atoms with Gasteiger partial charge in [0.15, 0.2) is 0 Å². The summed E-state index contributed by atoms with van der Waals surface area (Å²) in [4.78, 5) is 47.5. The molecule has 1 saturated heterocycles. The summed E-state index contributed by atoms with van der Waals surface area (Å²) >= 11 is 1.16. The topological polar surface area (TPSA) is 107 Å². The van der Waals surface area contributed by atoms with Gasteiger partial charge in [-0.25, -0.2) is 4.79 Å². The van der Waals surface area contributed by atoms with Crippen molar-refractivity contribution in [3.8, 4) is 0 Å². The first-order valence-electron chi connectivity index (χ1n) is 6.49. The number of hydrogen-bond acceptors (Lipinski definition) is 5. The van der Waals surface area contributed by atoms with Gasteiger partial charge < -0.3 is 20.2 Å². The van der Waals surface area contributed by atoms with Crippen LogP contribution in [-0.2, 0) is 19.2 Å². The molecule has 1 rings (SSSR count). The van der Waals surface area contributed by atoms with E-state index in [0.29, 0.717) is 32.6 Å². The number of carbonyl (C=O) groups excluding carboxylic acids is 3. The van der Waals surface area contributed by atoms with Crippen LogP contribution in [0, 0.1) is 0 Å². The number of carboxylic acids is 1. The Morgan fingerprint density at radius 3 is 2.29 bits per heavy atom. The molecule has 0 aromatic heterocycles. The minimum atomic E-state index is -1.13. The van der Waals surface area contributed by atoms with Gasteiger partial charge in [0, 0.05) is 38.9 Å². The van der Waals surface area contributed by atoms with Crippen molar-refractivity contribution in [2.24, 2.45) is 0 Å². The Morgan fingerprint density at radius 2 is 1.81 bits per heavy atom. The minimum absolute atomic E-state index is 0.000659. The second kappa shape index (κ2) is 8.50. The average Bonchev–Trinajstić information content (AvgIpc) is 2.46. The number of nitrogens with zero attached hydrogens (tertiary/aromatic N) is 2. The van der Waals surface area contributed by atoms with E-state index in [2.05, 4.69) is 5.32 Å². The largest absolute Gasteiger partial charge is 0.480 e. The van der Waals surface area contributed by atoms with Crippen molar-refractivity contribution in [3.63, 3.8) is 0 Å². The van der Waals surface area contributed by atoms with Crippen LogP contribution in [0.1, 0.15) is 6.92 Å². The maximum absolute atomic E-state index is 11.9. The molecule has 0 aromatic carbocycles. The normalized spacial score (nSPS) is 16.2. The number of hydrogen-bond donors (Lipinski definition) is 2. The lowest BCUT2D eigenvalue weighted by atomic mass is 10.3. The van der Waals surface area contributed by atoms with Crippen molar-refractivity contribution < 1.29 is 24.3 Å². The van der Waals surface area contributed by atoms with Crippen molar-refractivity contribution in [2.45, 2.75) is 13.0 Å². The maximum Gasteiger partial charge on any atom is 0.327 e. The van der Waals surface area contributed by atoms with Crippen LogP contribution in [0.15, 0.2) is 0 Å². The number of amides is 3. The molecule has 3 amide bonds. The van der Waals surface area contributed by atoms with Crippen molar-refractivity contribution in [1.29, 1.82) is 0 Å². The van der Waals surface area contributed by atoms with Gasteiger partial charge in [-0.3, -0.25) is 14.4 Å². The quantitative estimate of drug-likeness (QED) is 0.560. The summed E-state index contributed by atoms with van der Waals surface area (Å²) in [7, 11) is 0. The summed E-state index contributed by atoms with van der Waals surface area (Å²) in [5.41, 5.74) is 0. The van der Waals surface area contributed by atoms with Gasteiger partial charge >= 0.3 is 5.97 Å². The second-order valence-corrected chi connectivity index (χ2v) is 5.61. The molecule has 1 aliphatic rings. The summed E-state index contributed by atoms with van der Waals surface area (Å²) in [5, 5.41) is 11.0. The Labute approximate surface area is 126 Å². The third kappa shape index (κ3) is 5.62. The van der Waals surface area contributed by atoms with Crippen LogP contribution in [0.5, 0.6) is 0 Å². The number of thioether (sulfide) groups is 1. The van der Waals surface area contributed by atoms with E-state index in [-0.39, 0.29) is 23.3 Å². The first-order valence-corrected chi connectivity index (χ1v) is 7.64. The zero-order valence-corrected chi connectivity index (χ0v) is 12.6. The molecule has 21 heavy (non-hydrogen) atoms. The molecule has 0 spiro atoms. The zero-order chi connectivity index (χ0) is 15.8. The standard InChI is InChI=1S/C12H19N3O5S/c1-9(17)14-2-4-15(5-3-14)11(18)7-21-6-10(12(19)20)13-8-16/h8,10H,2-7H2,1H3,(H,13,16)(H,19,20). The van der Waals surface area contributed by atoms with Crippen LogP contribution in [-0.4, -0.2) is 82.8 Å². The molecule has 1 unspecified atom stereocenters. The van der Waals surface area contributed by atoms with E-state index in [1.54, 1.807) is 9.80 Å². The van der Waals surface area contributed by atoms with Crippen molar-refractivity contribution in [2.75, 3.05) is 37.7 Å². The number of carbonyl (C=O) groups is 4. The number of piperazine rings is 1. The molecular weight excluding hydrogens is 298 g/mol. The number of nitrogens with one attached hydrogen (secondary N) is 1. The molecule has 1 aliphatic heterocycles. The minimum Gasteiger partial charge on any atom is -0.480 e. The van der Waals surface area contributed by atoms with Gasteiger partial charge in [0.25, 0.3) is 0 Å². The highest BCUT2D eigenvalue weighted by Gasteiger charge is 2.23. The summed E-state index contributed by atoms with van der Waals surface area (Å²) in [6.07, 6.45) is 0.335. The highest BCUT2D eigenvalue weighted by atomic mass is 32.2. The van der Waals surface area contributed by atoms with Gasteiger partial charge in [-0.1, -0.05) is 0 Å².